The van der Waals surface area contributed by atoms with Gasteiger partial charge in [0.1, 0.15) is 5.82 Å². The Bertz CT molecular complexity index is 459. The summed E-state index contributed by atoms with van der Waals surface area (Å²) in [7, 11) is 0. The average Bonchev–Trinajstić information content (AvgIpc) is 2.18. The van der Waals surface area contributed by atoms with Gasteiger partial charge in [0.15, 0.2) is 0 Å². The number of hydrogen-bond donors (Lipinski definition) is 0. The molecule has 0 aliphatic carbocycles. The highest BCUT2D eigenvalue weighted by molar-refractivity contribution is 6.30. The van der Waals surface area contributed by atoms with Crippen molar-refractivity contribution in [3.05, 3.63) is 47.8 Å². The summed E-state index contributed by atoms with van der Waals surface area (Å²) in [5.74, 6) is -0.378. The molecule has 0 aliphatic rings. The summed E-state index contributed by atoms with van der Waals surface area (Å²) in [6.07, 6.45) is 5.75. The van der Waals surface area contributed by atoms with Crippen LogP contribution in [0, 0.1) is 5.82 Å². The summed E-state index contributed by atoms with van der Waals surface area (Å²) in [5, 5.41) is 0.485. The van der Waals surface area contributed by atoms with Gasteiger partial charge in [0.2, 0.25) is 0 Å². The van der Waals surface area contributed by atoms with E-state index in [-0.39, 0.29) is 5.82 Å². The number of rotatable bonds is 1. The normalized spacial score (nSPS) is 10.1. The summed E-state index contributed by atoms with van der Waals surface area (Å²) in [5.41, 5.74) is 1.10. The third-order valence-electron chi connectivity index (χ3n) is 1.79. The molecule has 0 N–H and O–H groups in total. The second-order valence-corrected chi connectivity index (χ2v) is 3.18. The van der Waals surface area contributed by atoms with Gasteiger partial charge in [0.25, 0.3) is 0 Å². The van der Waals surface area contributed by atoms with Gasteiger partial charge >= 0.3 is 0 Å². The highest BCUT2D eigenvalue weighted by atomic mass is 35.5. The molecular formula is C10H6ClFN2. The molecule has 2 aromatic heterocycles. The first-order valence-corrected chi connectivity index (χ1v) is 4.35. The van der Waals surface area contributed by atoms with Crippen LogP contribution in [0.25, 0.3) is 11.1 Å². The predicted octanol–water partition coefficient (Wildman–Crippen LogP) is 2.94. The maximum absolute atomic E-state index is 13.3. The zero-order valence-electron chi connectivity index (χ0n) is 7.11. The van der Waals surface area contributed by atoms with Crippen LogP contribution in [0.2, 0.25) is 5.02 Å². The average molecular weight is 209 g/mol. The fraction of sp³-hybridized carbons (Fsp3) is 0. The van der Waals surface area contributed by atoms with E-state index >= 15 is 0 Å². The molecule has 0 fully saturated rings. The second kappa shape index (κ2) is 3.72. The monoisotopic (exact) mass is 208 g/mol. The van der Waals surface area contributed by atoms with Gasteiger partial charge in [-0.2, -0.15) is 0 Å². The second-order valence-electron chi connectivity index (χ2n) is 2.75. The summed E-state index contributed by atoms with van der Waals surface area (Å²) in [6, 6.07) is 3.25. The lowest BCUT2D eigenvalue weighted by Gasteiger charge is -2.01. The molecule has 0 spiro atoms. The van der Waals surface area contributed by atoms with E-state index in [0.29, 0.717) is 16.1 Å². The van der Waals surface area contributed by atoms with Crippen molar-refractivity contribution in [3.8, 4) is 11.1 Å². The summed E-state index contributed by atoms with van der Waals surface area (Å²) in [6.45, 7) is 0. The molecule has 14 heavy (non-hydrogen) atoms. The molecule has 2 rings (SSSR count). The van der Waals surface area contributed by atoms with Crippen molar-refractivity contribution in [1.82, 2.24) is 9.97 Å². The van der Waals surface area contributed by atoms with E-state index in [1.807, 2.05) is 0 Å². The number of nitrogens with zero attached hydrogens (tertiary/aromatic N) is 2. The van der Waals surface area contributed by atoms with Crippen molar-refractivity contribution in [3.63, 3.8) is 0 Å². The van der Waals surface area contributed by atoms with E-state index in [1.165, 1.54) is 12.4 Å². The van der Waals surface area contributed by atoms with Crippen LogP contribution in [0.15, 0.2) is 36.9 Å². The third kappa shape index (κ3) is 1.72. The van der Waals surface area contributed by atoms with Crippen molar-refractivity contribution in [2.24, 2.45) is 0 Å². The van der Waals surface area contributed by atoms with Crippen LogP contribution in [0.3, 0.4) is 0 Å². The maximum Gasteiger partial charge on any atom is 0.149 e. The van der Waals surface area contributed by atoms with E-state index in [2.05, 4.69) is 9.97 Å². The molecule has 0 aromatic carbocycles. The van der Waals surface area contributed by atoms with Crippen LogP contribution >= 0.6 is 11.6 Å². The van der Waals surface area contributed by atoms with E-state index < -0.39 is 0 Å². The summed E-state index contributed by atoms with van der Waals surface area (Å²) in [4.78, 5) is 7.55. The SMILES string of the molecule is Fc1cnccc1-c1cncc(Cl)c1. The van der Waals surface area contributed by atoms with Gasteiger partial charge in [-0.05, 0) is 12.1 Å². The fourth-order valence-electron chi connectivity index (χ4n) is 1.17. The summed E-state index contributed by atoms with van der Waals surface area (Å²) < 4.78 is 13.3. The standard InChI is InChI=1S/C10H6ClFN2/c11-8-3-7(4-14-5-8)9-1-2-13-6-10(9)12/h1-6H. The molecule has 2 aromatic rings. The zero-order valence-corrected chi connectivity index (χ0v) is 7.87. The van der Waals surface area contributed by atoms with Crippen molar-refractivity contribution >= 4 is 11.6 Å². The van der Waals surface area contributed by atoms with Gasteiger partial charge in [0.05, 0.1) is 11.2 Å². The van der Waals surface area contributed by atoms with Crippen molar-refractivity contribution < 1.29 is 4.39 Å². The number of aromatic nitrogens is 2. The minimum absolute atomic E-state index is 0.378. The van der Waals surface area contributed by atoms with E-state index in [9.17, 15) is 4.39 Å². The molecule has 4 heteroatoms. The Labute approximate surface area is 85.4 Å². The minimum atomic E-state index is -0.378. The smallest absolute Gasteiger partial charge is 0.149 e. The number of halogens is 2. The summed E-state index contributed by atoms with van der Waals surface area (Å²) >= 11 is 5.75. The maximum atomic E-state index is 13.3. The van der Waals surface area contributed by atoms with E-state index in [4.69, 9.17) is 11.6 Å². The van der Waals surface area contributed by atoms with Crippen LogP contribution in [0.4, 0.5) is 4.39 Å². The topological polar surface area (TPSA) is 25.8 Å². The highest BCUT2D eigenvalue weighted by Gasteiger charge is 2.04. The van der Waals surface area contributed by atoms with Crippen LogP contribution in [0.1, 0.15) is 0 Å². The van der Waals surface area contributed by atoms with Gasteiger partial charge in [-0.3, -0.25) is 9.97 Å². The van der Waals surface area contributed by atoms with Crippen LogP contribution in [0.5, 0.6) is 0 Å². The molecular weight excluding hydrogens is 203 g/mol. The first-order valence-electron chi connectivity index (χ1n) is 3.98. The number of pyridine rings is 2. The van der Waals surface area contributed by atoms with E-state index in [1.54, 1.807) is 18.3 Å². The molecule has 2 nitrogen and oxygen atoms in total. The molecule has 0 bridgehead atoms. The Hall–Kier alpha value is -1.48. The van der Waals surface area contributed by atoms with Crippen LogP contribution < -0.4 is 0 Å². The molecule has 70 valence electrons. The molecule has 0 saturated heterocycles. The Kier molecular flexibility index (Phi) is 2.41. The largest absolute Gasteiger partial charge is 0.263 e. The van der Waals surface area contributed by atoms with Crippen molar-refractivity contribution in [2.75, 3.05) is 0 Å². The predicted molar refractivity (Wildman–Crippen MR) is 52.4 cm³/mol. The molecule has 0 saturated carbocycles. The highest BCUT2D eigenvalue weighted by Crippen LogP contribution is 2.22. The van der Waals surface area contributed by atoms with Crippen molar-refractivity contribution in [1.29, 1.82) is 0 Å². The lowest BCUT2D eigenvalue weighted by molar-refractivity contribution is 0.625. The minimum Gasteiger partial charge on any atom is -0.263 e. The quantitative estimate of drug-likeness (QED) is 0.720. The Balaban J connectivity index is 2.55. The van der Waals surface area contributed by atoms with Gasteiger partial charge < -0.3 is 0 Å². The van der Waals surface area contributed by atoms with Gasteiger partial charge in [-0.15, -0.1) is 0 Å². The Morgan fingerprint density at radius 3 is 2.71 bits per heavy atom. The third-order valence-corrected chi connectivity index (χ3v) is 2.00. The lowest BCUT2D eigenvalue weighted by atomic mass is 10.1. The molecule has 2 heterocycles. The van der Waals surface area contributed by atoms with Crippen LogP contribution in [-0.2, 0) is 0 Å². The fourth-order valence-corrected chi connectivity index (χ4v) is 1.34. The van der Waals surface area contributed by atoms with E-state index in [0.717, 1.165) is 6.20 Å². The Morgan fingerprint density at radius 1 is 1.14 bits per heavy atom. The molecule has 0 unspecified atom stereocenters. The van der Waals surface area contributed by atoms with Gasteiger partial charge in [-0.1, -0.05) is 11.6 Å². The first-order chi connectivity index (χ1) is 6.77. The van der Waals surface area contributed by atoms with Crippen molar-refractivity contribution in [2.45, 2.75) is 0 Å². The van der Waals surface area contributed by atoms with Crippen LogP contribution in [-0.4, -0.2) is 9.97 Å². The molecule has 0 aliphatic heterocycles. The Morgan fingerprint density at radius 2 is 2.00 bits per heavy atom. The molecule has 0 amide bonds. The molecule has 0 radical (unpaired) electrons. The zero-order chi connectivity index (χ0) is 9.97. The lowest BCUT2D eigenvalue weighted by Crippen LogP contribution is -1.86. The molecule has 0 atom stereocenters. The van der Waals surface area contributed by atoms with Gasteiger partial charge in [-0.25, -0.2) is 4.39 Å². The number of hydrogen-bond acceptors (Lipinski definition) is 2. The van der Waals surface area contributed by atoms with Gasteiger partial charge in [0, 0.05) is 29.7 Å². The first kappa shape index (κ1) is 9.09.